The Bertz CT molecular complexity index is 1160. The maximum Gasteiger partial charge on any atom is 0.264 e. The molecule has 0 atom stereocenters. The number of nitrogens with one attached hydrogen (secondary N) is 1. The van der Waals surface area contributed by atoms with Gasteiger partial charge in [0.15, 0.2) is 11.5 Å². The van der Waals surface area contributed by atoms with Crippen LogP contribution in [0, 0.1) is 0 Å². The summed E-state index contributed by atoms with van der Waals surface area (Å²) >= 11 is 0. The van der Waals surface area contributed by atoms with Gasteiger partial charge < -0.3 is 14.8 Å². The zero-order valence-electron chi connectivity index (χ0n) is 15.5. The molecule has 3 aromatic carbocycles. The molecule has 29 heavy (non-hydrogen) atoms. The van der Waals surface area contributed by atoms with Gasteiger partial charge in [0.2, 0.25) is 6.79 Å². The third-order valence-corrected chi connectivity index (χ3v) is 6.30. The number of benzene rings is 3. The molecule has 1 heterocycles. The number of fused-ring (bicyclic) bond motifs is 1. The van der Waals surface area contributed by atoms with Gasteiger partial charge in [-0.2, -0.15) is 0 Å². The topological polar surface area (TPSA) is 84.9 Å². The standard InChI is InChI=1S/C21H18N2O5S/c1-23(29(25,26)18-8-3-2-4-9-18)17-7-5-6-15(12-17)21(24)22-16-10-11-19-20(13-16)28-14-27-19/h2-13H,14H2,1H3,(H,22,24). The Hall–Kier alpha value is -3.52. The maximum absolute atomic E-state index is 12.8. The van der Waals surface area contributed by atoms with Gasteiger partial charge in [-0.05, 0) is 42.5 Å². The van der Waals surface area contributed by atoms with E-state index in [1.54, 1.807) is 54.6 Å². The summed E-state index contributed by atoms with van der Waals surface area (Å²) in [5.74, 6) is 0.819. The van der Waals surface area contributed by atoms with Crippen molar-refractivity contribution in [1.29, 1.82) is 0 Å². The summed E-state index contributed by atoms with van der Waals surface area (Å²) in [6.07, 6.45) is 0. The number of amides is 1. The Morgan fingerprint density at radius 2 is 1.69 bits per heavy atom. The second kappa shape index (κ2) is 7.48. The van der Waals surface area contributed by atoms with Gasteiger partial charge in [-0.1, -0.05) is 24.3 Å². The van der Waals surface area contributed by atoms with Gasteiger partial charge in [-0.25, -0.2) is 8.42 Å². The summed E-state index contributed by atoms with van der Waals surface area (Å²) in [6.45, 7) is 0.150. The summed E-state index contributed by atoms with van der Waals surface area (Å²) in [6, 6.07) is 19.7. The molecule has 148 valence electrons. The number of sulfonamides is 1. The summed E-state index contributed by atoms with van der Waals surface area (Å²) in [4.78, 5) is 12.8. The van der Waals surface area contributed by atoms with Crippen molar-refractivity contribution in [2.24, 2.45) is 0 Å². The van der Waals surface area contributed by atoms with Crippen LogP contribution >= 0.6 is 0 Å². The summed E-state index contributed by atoms with van der Waals surface area (Å²) < 4.78 is 37.3. The molecule has 0 unspecified atom stereocenters. The molecule has 3 aromatic rings. The van der Waals surface area contributed by atoms with Crippen molar-refractivity contribution in [1.82, 2.24) is 0 Å². The van der Waals surface area contributed by atoms with Crippen LogP contribution in [-0.2, 0) is 10.0 Å². The highest BCUT2D eigenvalue weighted by Crippen LogP contribution is 2.34. The maximum atomic E-state index is 12.8. The van der Waals surface area contributed by atoms with Crippen LogP contribution in [0.15, 0.2) is 77.7 Å². The molecule has 1 N–H and O–H groups in total. The first kappa shape index (κ1) is 18.8. The Kier molecular flexibility index (Phi) is 4.85. The largest absolute Gasteiger partial charge is 0.454 e. The number of ether oxygens (including phenoxy) is 2. The molecule has 0 aromatic heterocycles. The van der Waals surface area contributed by atoms with Gasteiger partial charge in [0.25, 0.3) is 15.9 Å². The molecule has 0 bridgehead atoms. The Morgan fingerprint density at radius 3 is 2.48 bits per heavy atom. The second-order valence-corrected chi connectivity index (χ2v) is 8.33. The summed E-state index contributed by atoms with van der Waals surface area (Å²) in [7, 11) is -2.27. The fraction of sp³-hybridized carbons (Fsp3) is 0.0952. The van der Waals surface area contributed by atoms with Gasteiger partial charge in [-0.3, -0.25) is 9.10 Å². The van der Waals surface area contributed by atoms with Crippen molar-refractivity contribution in [3.05, 3.63) is 78.4 Å². The predicted octanol–water partition coefficient (Wildman–Crippen LogP) is 3.49. The molecule has 0 spiro atoms. The van der Waals surface area contributed by atoms with Crippen molar-refractivity contribution in [2.45, 2.75) is 4.90 Å². The number of carbonyl (C=O) groups excluding carboxylic acids is 1. The van der Waals surface area contributed by atoms with E-state index in [1.807, 2.05) is 0 Å². The van der Waals surface area contributed by atoms with Gasteiger partial charge in [0, 0.05) is 24.4 Å². The Balaban J connectivity index is 1.56. The van der Waals surface area contributed by atoms with Crippen LogP contribution in [0.3, 0.4) is 0 Å². The molecule has 0 aliphatic carbocycles. The normalized spacial score (nSPS) is 12.4. The highest BCUT2D eigenvalue weighted by molar-refractivity contribution is 7.92. The first-order valence-corrected chi connectivity index (χ1v) is 10.2. The molecular formula is C21H18N2O5S. The smallest absolute Gasteiger partial charge is 0.264 e. The van der Waals surface area contributed by atoms with Crippen LogP contribution in [0.25, 0.3) is 0 Å². The lowest BCUT2D eigenvalue weighted by atomic mass is 10.2. The van der Waals surface area contributed by atoms with E-state index in [1.165, 1.54) is 25.2 Å². The third-order valence-electron chi connectivity index (χ3n) is 4.50. The zero-order chi connectivity index (χ0) is 20.4. The van der Waals surface area contributed by atoms with Crippen molar-refractivity contribution in [3.8, 4) is 11.5 Å². The van der Waals surface area contributed by atoms with Crippen LogP contribution in [0.4, 0.5) is 11.4 Å². The second-order valence-electron chi connectivity index (χ2n) is 6.36. The van der Waals surface area contributed by atoms with E-state index in [-0.39, 0.29) is 17.6 Å². The first-order valence-electron chi connectivity index (χ1n) is 8.80. The number of carbonyl (C=O) groups is 1. The average molecular weight is 410 g/mol. The number of anilines is 2. The number of hydrogen-bond donors (Lipinski definition) is 1. The van der Waals surface area contributed by atoms with Crippen LogP contribution in [0.2, 0.25) is 0 Å². The molecule has 1 aliphatic heterocycles. The number of nitrogens with zero attached hydrogens (tertiary/aromatic N) is 1. The Morgan fingerprint density at radius 1 is 0.931 bits per heavy atom. The average Bonchev–Trinajstić information content (AvgIpc) is 3.22. The van der Waals surface area contributed by atoms with Gasteiger partial charge in [0.1, 0.15) is 0 Å². The predicted molar refractivity (Wildman–Crippen MR) is 109 cm³/mol. The number of hydrogen-bond acceptors (Lipinski definition) is 5. The summed E-state index contributed by atoms with van der Waals surface area (Å²) in [5.41, 5.74) is 1.26. The highest BCUT2D eigenvalue weighted by Gasteiger charge is 2.22. The lowest BCUT2D eigenvalue weighted by Crippen LogP contribution is -2.26. The minimum absolute atomic E-state index is 0.150. The molecule has 1 aliphatic rings. The van der Waals surface area contributed by atoms with Crippen LogP contribution in [0.1, 0.15) is 10.4 Å². The van der Waals surface area contributed by atoms with E-state index in [2.05, 4.69) is 5.32 Å². The van der Waals surface area contributed by atoms with E-state index >= 15 is 0 Å². The van der Waals surface area contributed by atoms with E-state index in [0.717, 1.165) is 4.31 Å². The molecule has 8 heteroatoms. The van der Waals surface area contributed by atoms with Crippen molar-refractivity contribution < 1.29 is 22.7 Å². The number of rotatable bonds is 5. The van der Waals surface area contributed by atoms with Gasteiger partial charge in [0.05, 0.1) is 10.6 Å². The van der Waals surface area contributed by atoms with E-state index in [4.69, 9.17) is 9.47 Å². The van der Waals surface area contributed by atoms with E-state index in [0.29, 0.717) is 28.4 Å². The third kappa shape index (κ3) is 3.74. The van der Waals surface area contributed by atoms with Crippen LogP contribution in [-0.4, -0.2) is 28.2 Å². The molecule has 0 fully saturated rings. The fourth-order valence-corrected chi connectivity index (χ4v) is 4.12. The molecule has 7 nitrogen and oxygen atoms in total. The quantitative estimate of drug-likeness (QED) is 0.696. The minimum atomic E-state index is -3.73. The zero-order valence-corrected chi connectivity index (χ0v) is 16.3. The van der Waals surface area contributed by atoms with Gasteiger partial charge in [-0.15, -0.1) is 0 Å². The van der Waals surface area contributed by atoms with E-state index < -0.39 is 10.0 Å². The van der Waals surface area contributed by atoms with Gasteiger partial charge >= 0.3 is 0 Å². The summed E-state index contributed by atoms with van der Waals surface area (Å²) in [5, 5.41) is 2.78. The van der Waals surface area contributed by atoms with E-state index in [9.17, 15) is 13.2 Å². The first-order chi connectivity index (χ1) is 13.9. The monoisotopic (exact) mass is 410 g/mol. The van der Waals surface area contributed by atoms with Crippen LogP contribution in [0.5, 0.6) is 11.5 Å². The van der Waals surface area contributed by atoms with Crippen LogP contribution < -0.4 is 19.1 Å². The lowest BCUT2D eigenvalue weighted by Gasteiger charge is -2.20. The Labute approximate surface area is 168 Å². The van der Waals surface area contributed by atoms with Crippen molar-refractivity contribution >= 4 is 27.3 Å². The lowest BCUT2D eigenvalue weighted by molar-refractivity contribution is 0.102. The fourth-order valence-electron chi connectivity index (χ4n) is 2.91. The molecule has 0 saturated heterocycles. The molecule has 0 saturated carbocycles. The molecular weight excluding hydrogens is 392 g/mol. The SMILES string of the molecule is CN(c1cccc(C(=O)Nc2ccc3c(c2)OCO3)c1)S(=O)(=O)c1ccccc1. The molecule has 4 rings (SSSR count). The highest BCUT2D eigenvalue weighted by atomic mass is 32.2. The molecule has 0 radical (unpaired) electrons. The minimum Gasteiger partial charge on any atom is -0.454 e. The molecule has 1 amide bonds. The van der Waals surface area contributed by atoms with Crippen molar-refractivity contribution in [3.63, 3.8) is 0 Å². The van der Waals surface area contributed by atoms with Crippen molar-refractivity contribution in [2.75, 3.05) is 23.5 Å².